The molecule has 0 bridgehead atoms. The number of hydrazone groups is 1. The van der Waals surface area contributed by atoms with Crippen molar-refractivity contribution in [2.75, 3.05) is 11.4 Å². The fourth-order valence-corrected chi connectivity index (χ4v) is 4.06. The van der Waals surface area contributed by atoms with Crippen molar-refractivity contribution in [1.82, 2.24) is 5.43 Å². The largest absolute Gasteiger partial charge is 0.508 e. The Bertz CT molecular complexity index is 907. The maximum absolute atomic E-state index is 14.7. The van der Waals surface area contributed by atoms with Crippen LogP contribution < -0.4 is 10.3 Å². The molecular weight excluding hydrogens is 357 g/mol. The zero-order chi connectivity index (χ0) is 20.5. The summed E-state index contributed by atoms with van der Waals surface area (Å²) in [5.41, 5.74) is 5.08. The number of hydrogen-bond acceptors (Lipinski definition) is 4. The van der Waals surface area contributed by atoms with Gasteiger partial charge in [-0.2, -0.15) is 5.10 Å². The molecular formula is C22H26FN3O2. The molecule has 0 saturated heterocycles. The summed E-state index contributed by atoms with van der Waals surface area (Å²) in [6.07, 6.45) is 2.31. The van der Waals surface area contributed by atoms with Crippen LogP contribution in [0, 0.1) is 5.82 Å². The zero-order valence-electron chi connectivity index (χ0n) is 16.7. The number of nitrogens with zero attached hydrogens (tertiary/aromatic N) is 2. The van der Waals surface area contributed by atoms with Gasteiger partial charge in [0.2, 0.25) is 0 Å². The van der Waals surface area contributed by atoms with Crippen LogP contribution in [-0.4, -0.2) is 29.3 Å². The lowest BCUT2D eigenvalue weighted by molar-refractivity contribution is 0.0955. The number of carbonyl (C=O) groups is 1. The van der Waals surface area contributed by atoms with E-state index in [4.69, 9.17) is 0 Å². The Hall–Kier alpha value is -2.89. The highest BCUT2D eigenvalue weighted by molar-refractivity contribution is 5.95. The van der Waals surface area contributed by atoms with Crippen molar-refractivity contribution in [1.29, 1.82) is 0 Å². The predicted octanol–water partition coefficient (Wildman–Crippen LogP) is 4.41. The summed E-state index contributed by atoms with van der Waals surface area (Å²) in [5.74, 6) is -0.423. The summed E-state index contributed by atoms with van der Waals surface area (Å²) in [7, 11) is 0. The Kier molecular flexibility index (Phi) is 5.40. The molecule has 0 spiro atoms. The van der Waals surface area contributed by atoms with Gasteiger partial charge in [-0.3, -0.25) is 4.79 Å². The van der Waals surface area contributed by atoms with Crippen LogP contribution in [0.4, 0.5) is 10.1 Å². The molecule has 1 unspecified atom stereocenters. The van der Waals surface area contributed by atoms with Gasteiger partial charge in [0, 0.05) is 28.9 Å². The Balaban J connectivity index is 1.82. The van der Waals surface area contributed by atoms with E-state index in [0.717, 1.165) is 24.2 Å². The molecule has 1 heterocycles. The van der Waals surface area contributed by atoms with E-state index in [2.05, 4.69) is 43.1 Å². The predicted molar refractivity (Wildman–Crippen MR) is 110 cm³/mol. The molecule has 0 radical (unpaired) electrons. The monoisotopic (exact) mass is 383 g/mol. The topological polar surface area (TPSA) is 64.9 Å². The van der Waals surface area contributed by atoms with Crippen molar-refractivity contribution in [3.63, 3.8) is 0 Å². The molecule has 0 fully saturated rings. The highest BCUT2D eigenvalue weighted by atomic mass is 19.1. The van der Waals surface area contributed by atoms with E-state index in [1.54, 1.807) is 6.07 Å². The highest BCUT2D eigenvalue weighted by Crippen LogP contribution is 2.43. The van der Waals surface area contributed by atoms with E-state index in [9.17, 15) is 14.3 Å². The van der Waals surface area contributed by atoms with Crippen molar-refractivity contribution in [3.8, 4) is 5.75 Å². The van der Waals surface area contributed by atoms with Crippen LogP contribution >= 0.6 is 0 Å². The van der Waals surface area contributed by atoms with Gasteiger partial charge in [-0.1, -0.05) is 6.92 Å². The second-order valence-electron chi connectivity index (χ2n) is 7.84. The molecule has 0 saturated carbocycles. The Morgan fingerprint density at radius 1 is 1.36 bits per heavy atom. The first-order valence-electron chi connectivity index (χ1n) is 9.46. The number of rotatable bonds is 4. The molecule has 6 heteroatoms. The molecule has 1 atom stereocenters. The number of anilines is 1. The Labute approximate surface area is 164 Å². The highest BCUT2D eigenvalue weighted by Gasteiger charge is 2.36. The third-order valence-corrected chi connectivity index (χ3v) is 5.32. The number of fused-ring (bicyclic) bond motifs is 1. The van der Waals surface area contributed by atoms with Crippen molar-refractivity contribution < 1.29 is 14.3 Å². The van der Waals surface area contributed by atoms with Gasteiger partial charge in [0.1, 0.15) is 11.6 Å². The fraction of sp³-hybridized carbons (Fsp3) is 0.364. The maximum Gasteiger partial charge on any atom is 0.271 e. The van der Waals surface area contributed by atoms with E-state index in [1.165, 1.54) is 30.5 Å². The number of hydrogen-bond donors (Lipinski definition) is 2. The van der Waals surface area contributed by atoms with Crippen molar-refractivity contribution in [3.05, 3.63) is 58.9 Å². The number of phenols is 1. The van der Waals surface area contributed by atoms with Crippen molar-refractivity contribution >= 4 is 17.8 Å². The Morgan fingerprint density at radius 3 is 2.68 bits per heavy atom. The molecule has 2 aromatic rings. The van der Waals surface area contributed by atoms with E-state index in [1.807, 2.05) is 6.07 Å². The van der Waals surface area contributed by atoms with Gasteiger partial charge < -0.3 is 10.0 Å². The second kappa shape index (κ2) is 7.62. The second-order valence-corrected chi connectivity index (χ2v) is 7.84. The molecule has 1 aliphatic heterocycles. The third kappa shape index (κ3) is 3.86. The van der Waals surface area contributed by atoms with Crippen LogP contribution in [0.1, 0.15) is 61.5 Å². The summed E-state index contributed by atoms with van der Waals surface area (Å²) in [5, 5.41) is 13.2. The van der Waals surface area contributed by atoms with Crippen LogP contribution in [0.5, 0.6) is 5.75 Å². The summed E-state index contributed by atoms with van der Waals surface area (Å²) in [4.78, 5) is 14.3. The molecule has 0 aromatic heterocycles. The Morgan fingerprint density at radius 2 is 2.04 bits per heavy atom. The summed E-state index contributed by atoms with van der Waals surface area (Å²) < 4.78 is 14.7. The number of benzene rings is 2. The standard InChI is InChI=1S/C22H26FN3O2/c1-5-26-20-11-19(23)16(10-18(20)14(2)12-22(26,3)4)13-24-25-21(28)15-6-8-17(27)9-7-15/h6-11,13-14,27H,5,12H2,1-4H3,(H,25,28)/b24-13-. The first-order chi connectivity index (χ1) is 13.2. The summed E-state index contributed by atoms with van der Waals surface area (Å²) >= 11 is 0. The molecule has 2 aromatic carbocycles. The number of aromatic hydroxyl groups is 1. The van der Waals surface area contributed by atoms with Gasteiger partial charge in [-0.15, -0.1) is 0 Å². The minimum atomic E-state index is -0.429. The van der Waals surface area contributed by atoms with Crippen LogP contribution in [0.25, 0.3) is 0 Å². The van der Waals surface area contributed by atoms with Gasteiger partial charge in [-0.05, 0) is 75.1 Å². The first kappa shape index (κ1) is 19.9. The van der Waals surface area contributed by atoms with E-state index in [-0.39, 0.29) is 17.1 Å². The minimum absolute atomic E-state index is 0.0265. The van der Waals surface area contributed by atoms with Gasteiger partial charge >= 0.3 is 0 Å². The van der Waals surface area contributed by atoms with Crippen LogP contribution in [-0.2, 0) is 0 Å². The summed E-state index contributed by atoms with van der Waals surface area (Å²) in [6.45, 7) is 9.40. The van der Waals surface area contributed by atoms with E-state index >= 15 is 0 Å². The lowest BCUT2D eigenvalue weighted by Crippen LogP contribution is -2.48. The molecule has 2 N–H and O–H groups in total. The number of carbonyl (C=O) groups excluding carboxylic acids is 1. The van der Waals surface area contributed by atoms with Gasteiger partial charge in [-0.25, -0.2) is 9.82 Å². The van der Waals surface area contributed by atoms with Gasteiger partial charge in [0.05, 0.1) is 6.21 Å². The smallest absolute Gasteiger partial charge is 0.271 e. The average Bonchev–Trinajstić information content (AvgIpc) is 2.62. The number of amides is 1. The maximum atomic E-state index is 14.7. The van der Waals surface area contributed by atoms with Gasteiger partial charge in [0.15, 0.2) is 0 Å². The lowest BCUT2D eigenvalue weighted by atomic mass is 9.79. The summed E-state index contributed by atoms with van der Waals surface area (Å²) in [6, 6.07) is 9.21. The van der Waals surface area contributed by atoms with E-state index < -0.39 is 5.91 Å². The number of nitrogens with one attached hydrogen (secondary N) is 1. The normalized spacial score (nSPS) is 18.2. The average molecular weight is 383 g/mol. The molecule has 1 aliphatic rings. The van der Waals surface area contributed by atoms with Crippen LogP contribution in [0.3, 0.4) is 0 Å². The van der Waals surface area contributed by atoms with Crippen LogP contribution in [0.15, 0.2) is 41.5 Å². The quantitative estimate of drug-likeness (QED) is 0.607. The lowest BCUT2D eigenvalue weighted by Gasteiger charge is -2.47. The molecule has 5 nitrogen and oxygen atoms in total. The molecule has 148 valence electrons. The van der Waals surface area contributed by atoms with Crippen molar-refractivity contribution in [2.24, 2.45) is 5.10 Å². The zero-order valence-corrected chi connectivity index (χ0v) is 16.7. The molecule has 3 rings (SSSR count). The number of halogens is 1. The first-order valence-corrected chi connectivity index (χ1v) is 9.46. The fourth-order valence-electron chi connectivity index (χ4n) is 4.06. The SMILES string of the molecule is CCN1c2cc(F)c(/C=N\NC(=O)c3ccc(O)cc3)cc2C(C)CC1(C)C. The van der Waals surface area contributed by atoms with Gasteiger partial charge in [0.25, 0.3) is 5.91 Å². The number of phenolic OH excluding ortho intramolecular Hbond substituents is 1. The molecule has 1 amide bonds. The third-order valence-electron chi connectivity index (χ3n) is 5.32. The van der Waals surface area contributed by atoms with Crippen molar-refractivity contribution in [2.45, 2.75) is 45.6 Å². The van der Waals surface area contributed by atoms with Crippen LogP contribution in [0.2, 0.25) is 0 Å². The molecule has 28 heavy (non-hydrogen) atoms. The molecule has 0 aliphatic carbocycles. The van der Waals surface area contributed by atoms with E-state index in [0.29, 0.717) is 17.0 Å². The minimum Gasteiger partial charge on any atom is -0.508 e.